The van der Waals surface area contributed by atoms with Crippen molar-refractivity contribution >= 4 is 11.9 Å². The van der Waals surface area contributed by atoms with Gasteiger partial charge in [0.25, 0.3) is 0 Å². The molecule has 0 aromatic heterocycles. The molecule has 0 amide bonds. The fourth-order valence-electron chi connectivity index (χ4n) is 2.92. The van der Waals surface area contributed by atoms with Gasteiger partial charge in [-0.3, -0.25) is 9.59 Å². The number of hydrogen-bond acceptors (Lipinski definition) is 7. The molecule has 0 heterocycles. The third-order valence-electron chi connectivity index (χ3n) is 4.52. The van der Waals surface area contributed by atoms with Crippen LogP contribution in [-0.2, 0) is 31.9 Å². The van der Waals surface area contributed by atoms with E-state index in [0.29, 0.717) is 19.4 Å². The molecule has 35 heavy (non-hydrogen) atoms. The van der Waals surface area contributed by atoms with E-state index in [1.807, 2.05) is 88.4 Å². The summed E-state index contributed by atoms with van der Waals surface area (Å²) in [5.41, 5.74) is 1.81. The van der Waals surface area contributed by atoms with Gasteiger partial charge in [-0.25, -0.2) is 0 Å². The molecule has 2 aromatic carbocycles. The zero-order chi connectivity index (χ0) is 26.7. The summed E-state index contributed by atoms with van der Waals surface area (Å²) in [6.07, 6.45) is 1.31. The van der Waals surface area contributed by atoms with Crippen molar-refractivity contribution in [3.8, 4) is 0 Å². The summed E-state index contributed by atoms with van der Waals surface area (Å²) in [5, 5.41) is 13.5. The first-order valence-electron chi connectivity index (χ1n) is 12.0. The van der Waals surface area contributed by atoms with Gasteiger partial charge in [0.15, 0.2) is 0 Å². The Bertz CT molecular complexity index is 807. The van der Waals surface area contributed by atoms with Crippen LogP contribution in [-0.4, -0.2) is 62.0 Å². The first-order chi connectivity index (χ1) is 16.6. The van der Waals surface area contributed by atoms with Crippen molar-refractivity contribution in [1.82, 2.24) is 10.6 Å². The average molecular weight is 489 g/mol. The molecule has 2 aromatic rings. The molecule has 2 atom stereocenters. The first kappa shape index (κ1) is 32.3. The lowest BCUT2D eigenvalue weighted by molar-refractivity contribution is -0.157. The predicted molar refractivity (Wildman–Crippen MR) is 141 cm³/mol. The minimum Gasteiger partial charge on any atom is -0.465 e. The molecule has 0 aliphatic rings. The maximum atomic E-state index is 11.9. The summed E-state index contributed by atoms with van der Waals surface area (Å²) in [4.78, 5) is 23.4. The number of carbonyl (C=O) groups excluding carboxylic acids is 2. The van der Waals surface area contributed by atoms with Crippen molar-refractivity contribution in [1.29, 1.82) is 0 Å². The highest BCUT2D eigenvalue weighted by Gasteiger charge is 2.24. The van der Waals surface area contributed by atoms with Gasteiger partial charge < -0.3 is 25.2 Å². The second-order valence-corrected chi connectivity index (χ2v) is 8.66. The smallest absolute Gasteiger partial charge is 0.323 e. The Balaban J connectivity index is 0.000000597. The van der Waals surface area contributed by atoms with Crippen LogP contribution in [0.1, 0.15) is 45.7 Å². The Hall–Kier alpha value is -2.74. The molecule has 0 bridgehead atoms. The highest BCUT2D eigenvalue weighted by molar-refractivity contribution is 5.76. The number of ether oxygens (including phenoxy) is 2. The Morgan fingerprint density at radius 1 is 0.800 bits per heavy atom. The van der Waals surface area contributed by atoms with Crippen molar-refractivity contribution in [2.24, 2.45) is 0 Å². The Morgan fingerprint density at radius 3 is 1.49 bits per heavy atom. The number of aliphatic hydroxyl groups excluding tert-OH is 1. The third-order valence-corrected chi connectivity index (χ3v) is 4.52. The number of esters is 2. The minimum absolute atomic E-state index is 0.191. The van der Waals surface area contributed by atoms with Crippen molar-refractivity contribution in [2.45, 2.75) is 65.1 Å². The van der Waals surface area contributed by atoms with E-state index in [1.165, 1.54) is 0 Å². The van der Waals surface area contributed by atoms with Gasteiger partial charge in [-0.2, -0.15) is 0 Å². The number of aliphatic hydroxyl groups is 1. The number of likely N-dealkylation sites (N-methyl/N-ethyl adjacent to an activating group) is 2. The number of rotatable bonds is 9. The fraction of sp³-hybridized carbons (Fsp3) is 0.500. The van der Waals surface area contributed by atoms with Gasteiger partial charge >= 0.3 is 11.9 Å². The molecule has 7 heteroatoms. The monoisotopic (exact) mass is 488 g/mol. The summed E-state index contributed by atoms with van der Waals surface area (Å²) < 4.78 is 10.3. The molecule has 2 rings (SSSR count). The van der Waals surface area contributed by atoms with E-state index < -0.39 is 5.60 Å². The molecule has 0 spiro atoms. The second kappa shape index (κ2) is 18.6. The van der Waals surface area contributed by atoms with Crippen LogP contribution in [0.15, 0.2) is 60.7 Å². The molecule has 0 radical (unpaired) electrons. The normalized spacial score (nSPS) is 12.1. The zero-order valence-electron chi connectivity index (χ0n) is 22.3. The maximum absolute atomic E-state index is 11.9. The van der Waals surface area contributed by atoms with Crippen molar-refractivity contribution in [3.05, 3.63) is 71.8 Å². The quantitative estimate of drug-likeness (QED) is 0.465. The van der Waals surface area contributed by atoms with Crippen LogP contribution in [0.2, 0.25) is 0 Å². The van der Waals surface area contributed by atoms with Crippen LogP contribution < -0.4 is 10.6 Å². The molecule has 0 unspecified atom stereocenters. The lowest BCUT2D eigenvalue weighted by atomic mass is 10.1. The van der Waals surface area contributed by atoms with E-state index in [-0.39, 0.29) is 30.6 Å². The van der Waals surface area contributed by atoms with Crippen LogP contribution in [0, 0.1) is 0 Å². The van der Waals surface area contributed by atoms with Crippen LogP contribution in [0.5, 0.6) is 0 Å². The SMILES string of the molecule is CCO.CCOC(=O)[C@H](Cc1ccccc1)NC.CN[C@@H](Cc1ccccc1)C(=O)OC(C)(C)C. The number of carbonyl (C=O) groups is 2. The Kier molecular flexibility index (Phi) is 17.1. The molecule has 0 aliphatic carbocycles. The lowest BCUT2D eigenvalue weighted by Gasteiger charge is -2.23. The summed E-state index contributed by atoms with van der Waals surface area (Å²) >= 11 is 0. The molecule has 0 saturated carbocycles. The molecule has 196 valence electrons. The highest BCUT2D eigenvalue weighted by atomic mass is 16.6. The van der Waals surface area contributed by atoms with Gasteiger partial charge in [-0.15, -0.1) is 0 Å². The van der Waals surface area contributed by atoms with E-state index >= 15 is 0 Å². The van der Waals surface area contributed by atoms with E-state index in [1.54, 1.807) is 21.0 Å². The molecule has 0 aliphatic heterocycles. The van der Waals surface area contributed by atoms with Gasteiger partial charge in [-0.1, -0.05) is 60.7 Å². The maximum Gasteiger partial charge on any atom is 0.323 e. The van der Waals surface area contributed by atoms with Crippen molar-refractivity contribution < 1.29 is 24.2 Å². The molecule has 0 fully saturated rings. The van der Waals surface area contributed by atoms with Crippen LogP contribution in [0.4, 0.5) is 0 Å². The molecular formula is C28H44N2O5. The zero-order valence-corrected chi connectivity index (χ0v) is 22.3. The highest BCUT2D eigenvalue weighted by Crippen LogP contribution is 2.11. The molecular weight excluding hydrogens is 444 g/mol. The number of nitrogens with one attached hydrogen (secondary N) is 2. The topological polar surface area (TPSA) is 96.9 Å². The Morgan fingerprint density at radius 2 is 1.17 bits per heavy atom. The van der Waals surface area contributed by atoms with E-state index in [0.717, 1.165) is 11.1 Å². The number of hydrogen-bond donors (Lipinski definition) is 3. The van der Waals surface area contributed by atoms with Gasteiger partial charge in [0.05, 0.1) is 6.61 Å². The van der Waals surface area contributed by atoms with E-state index in [2.05, 4.69) is 10.6 Å². The van der Waals surface area contributed by atoms with Crippen LogP contribution in [0.3, 0.4) is 0 Å². The van der Waals surface area contributed by atoms with Gasteiger partial charge in [0.1, 0.15) is 17.7 Å². The van der Waals surface area contributed by atoms with Gasteiger partial charge in [0, 0.05) is 6.61 Å². The van der Waals surface area contributed by atoms with Crippen LogP contribution in [0.25, 0.3) is 0 Å². The van der Waals surface area contributed by atoms with E-state index in [4.69, 9.17) is 14.6 Å². The second-order valence-electron chi connectivity index (χ2n) is 8.66. The Labute approximate surface area is 211 Å². The van der Waals surface area contributed by atoms with Crippen molar-refractivity contribution in [2.75, 3.05) is 27.3 Å². The fourth-order valence-corrected chi connectivity index (χ4v) is 2.92. The van der Waals surface area contributed by atoms with Gasteiger partial charge in [-0.05, 0) is 72.7 Å². The average Bonchev–Trinajstić information content (AvgIpc) is 2.82. The van der Waals surface area contributed by atoms with E-state index in [9.17, 15) is 9.59 Å². The minimum atomic E-state index is -0.442. The summed E-state index contributed by atoms with van der Waals surface area (Å²) in [6.45, 7) is 9.79. The predicted octanol–water partition coefficient (Wildman–Crippen LogP) is 3.54. The number of benzene rings is 2. The molecule has 3 N–H and O–H groups in total. The third kappa shape index (κ3) is 15.7. The van der Waals surface area contributed by atoms with Crippen molar-refractivity contribution in [3.63, 3.8) is 0 Å². The molecule has 7 nitrogen and oxygen atoms in total. The lowest BCUT2D eigenvalue weighted by Crippen LogP contribution is -2.41. The largest absolute Gasteiger partial charge is 0.465 e. The summed E-state index contributed by atoms with van der Waals surface area (Å²) in [5.74, 6) is -0.396. The standard InChI is InChI=1S/C14H21NO2.C12H17NO2.C2H6O/c1-14(2,3)17-13(16)12(15-4)10-11-8-6-5-7-9-11;1-3-15-12(14)11(13-2)9-10-7-5-4-6-8-10;1-2-3/h5-9,12,15H,10H2,1-4H3;4-8,11,13H,3,9H2,1-2H3;3H,2H2,1H3/t12-;11-;/m00./s1. The van der Waals surface area contributed by atoms with Gasteiger partial charge in [0.2, 0.25) is 0 Å². The summed E-state index contributed by atoms with van der Waals surface area (Å²) in [6, 6.07) is 19.3. The molecule has 0 saturated heterocycles. The van der Waals surface area contributed by atoms with Crippen LogP contribution >= 0.6 is 0 Å². The summed E-state index contributed by atoms with van der Waals surface area (Å²) in [7, 11) is 3.54. The first-order valence-corrected chi connectivity index (χ1v) is 12.0.